The molecule has 2 fully saturated rings. The lowest BCUT2D eigenvalue weighted by Crippen LogP contribution is -2.25. The molecule has 0 aromatic rings. The molecule has 2 saturated carbocycles. The van der Waals surface area contributed by atoms with E-state index >= 15 is 0 Å². The first kappa shape index (κ1) is 14.1. The zero-order valence-electron chi connectivity index (χ0n) is 12.2. The van der Waals surface area contributed by atoms with Gasteiger partial charge in [0.2, 0.25) is 0 Å². The maximum absolute atomic E-state index is 10.7. The van der Waals surface area contributed by atoms with E-state index in [2.05, 4.69) is 19.6 Å². The first-order valence-electron chi connectivity index (χ1n) is 7.13. The lowest BCUT2D eigenvalue weighted by atomic mass is 9.69. The zero-order chi connectivity index (χ0) is 14.0. The molecule has 19 heavy (non-hydrogen) atoms. The second-order valence-electron chi connectivity index (χ2n) is 6.23. The predicted octanol–water partition coefficient (Wildman–Crippen LogP) is 4.39. The summed E-state index contributed by atoms with van der Waals surface area (Å²) >= 11 is 0. The van der Waals surface area contributed by atoms with Crippen LogP contribution in [0.5, 0.6) is 0 Å². The van der Waals surface area contributed by atoms with Gasteiger partial charge in [0.15, 0.2) is 0 Å². The number of fused-ring (bicyclic) bond motifs is 2. The Morgan fingerprint density at radius 2 is 2.21 bits per heavy atom. The third kappa shape index (κ3) is 2.83. The number of carbonyl (C=O) groups excluding carboxylic acids is 1. The minimum atomic E-state index is -0.277. The standard InChI is InChI=1S/C17H24O2/c1-12(11-19-14(3)18)6-5-9-17(4)13(2)15-7-8-16(17)10-15/h5-6,11,15-16H,2,7-10H2,1,3-4H3/b6-5+,12-11+/t15-,16+,17-/m1/s1. The van der Waals surface area contributed by atoms with Crippen LogP contribution in [-0.2, 0) is 9.53 Å². The van der Waals surface area contributed by atoms with Gasteiger partial charge in [-0.2, -0.15) is 0 Å². The summed E-state index contributed by atoms with van der Waals surface area (Å²) in [4.78, 5) is 10.7. The summed E-state index contributed by atoms with van der Waals surface area (Å²) in [6.45, 7) is 10.0. The van der Waals surface area contributed by atoms with E-state index in [1.165, 1.54) is 38.0 Å². The van der Waals surface area contributed by atoms with Gasteiger partial charge in [-0.1, -0.05) is 31.2 Å². The highest BCUT2D eigenvalue weighted by molar-refractivity contribution is 5.66. The van der Waals surface area contributed by atoms with E-state index in [1.807, 2.05) is 13.0 Å². The molecule has 2 nitrogen and oxygen atoms in total. The van der Waals surface area contributed by atoms with Crippen molar-refractivity contribution in [3.63, 3.8) is 0 Å². The maximum Gasteiger partial charge on any atom is 0.307 e. The van der Waals surface area contributed by atoms with Gasteiger partial charge >= 0.3 is 5.97 Å². The first-order valence-corrected chi connectivity index (χ1v) is 7.13. The number of hydrogen-bond donors (Lipinski definition) is 0. The fraction of sp³-hybridized carbons (Fsp3) is 0.588. The monoisotopic (exact) mass is 260 g/mol. The minimum absolute atomic E-state index is 0.277. The summed E-state index contributed by atoms with van der Waals surface area (Å²) < 4.78 is 4.85. The van der Waals surface area contributed by atoms with Crippen molar-refractivity contribution in [2.45, 2.75) is 46.5 Å². The van der Waals surface area contributed by atoms with E-state index in [9.17, 15) is 4.79 Å². The van der Waals surface area contributed by atoms with E-state index in [4.69, 9.17) is 4.74 Å². The molecule has 0 heterocycles. The molecule has 2 rings (SSSR count). The highest BCUT2D eigenvalue weighted by Crippen LogP contribution is 2.60. The van der Waals surface area contributed by atoms with Crippen molar-refractivity contribution in [3.8, 4) is 0 Å². The van der Waals surface area contributed by atoms with Gasteiger partial charge in [0.25, 0.3) is 0 Å². The molecular weight excluding hydrogens is 236 g/mol. The number of esters is 1. The van der Waals surface area contributed by atoms with Crippen molar-refractivity contribution >= 4 is 5.97 Å². The molecule has 0 N–H and O–H groups in total. The molecule has 0 aliphatic heterocycles. The number of ether oxygens (including phenoxy) is 1. The van der Waals surface area contributed by atoms with E-state index in [1.54, 1.807) is 0 Å². The van der Waals surface area contributed by atoms with Gasteiger partial charge in [0, 0.05) is 6.92 Å². The van der Waals surface area contributed by atoms with Crippen LogP contribution in [0.25, 0.3) is 0 Å². The van der Waals surface area contributed by atoms with Gasteiger partial charge < -0.3 is 4.74 Å². The average Bonchev–Trinajstić information content (AvgIpc) is 2.91. The fourth-order valence-corrected chi connectivity index (χ4v) is 3.61. The number of hydrogen-bond acceptors (Lipinski definition) is 2. The van der Waals surface area contributed by atoms with Crippen molar-refractivity contribution in [1.82, 2.24) is 0 Å². The Bertz CT molecular complexity index is 444. The molecule has 2 bridgehead atoms. The maximum atomic E-state index is 10.7. The Labute approximate surface area is 116 Å². The molecule has 2 aliphatic rings. The van der Waals surface area contributed by atoms with Crippen molar-refractivity contribution in [1.29, 1.82) is 0 Å². The van der Waals surface area contributed by atoms with Gasteiger partial charge in [0.05, 0.1) is 6.26 Å². The van der Waals surface area contributed by atoms with Gasteiger partial charge in [-0.25, -0.2) is 0 Å². The largest absolute Gasteiger partial charge is 0.434 e. The minimum Gasteiger partial charge on any atom is -0.434 e. The lowest BCUT2D eigenvalue weighted by molar-refractivity contribution is -0.135. The van der Waals surface area contributed by atoms with Crippen molar-refractivity contribution in [3.05, 3.63) is 36.1 Å². The lowest BCUT2D eigenvalue weighted by Gasteiger charge is -2.35. The number of allylic oxidation sites excluding steroid dienone is 4. The summed E-state index contributed by atoms with van der Waals surface area (Å²) in [5.41, 5.74) is 2.70. The van der Waals surface area contributed by atoms with Crippen LogP contribution in [-0.4, -0.2) is 5.97 Å². The summed E-state index contributed by atoms with van der Waals surface area (Å²) in [7, 11) is 0. The smallest absolute Gasteiger partial charge is 0.307 e. The third-order valence-corrected chi connectivity index (χ3v) is 4.89. The Kier molecular flexibility index (Phi) is 3.98. The molecule has 0 unspecified atom stereocenters. The second-order valence-corrected chi connectivity index (χ2v) is 6.23. The van der Waals surface area contributed by atoms with Crippen LogP contribution >= 0.6 is 0 Å². The highest BCUT2D eigenvalue weighted by Gasteiger charge is 2.49. The Balaban J connectivity index is 1.93. The third-order valence-electron chi connectivity index (χ3n) is 4.89. The van der Waals surface area contributed by atoms with Crippen molar-refractivity contribution in [2.24, 2.45) is 17.3 Å². The highest BCUT2D eigenvalue weighted by atomic mass is 16.5. The summed E-state index contributed by atoms with van der Waals surface area (Å²) in [6.07, 6.45) is 10.8. The Morgan fingerprint density at radius 1 is 1.47 bits per heavy atom. The molecule has 0 radical (unpaired) electrons. The van der Waals surface area contributed by atoms with E-state index in [0.717, 1.165) is 23.8 Å². The van der Waals surface area contributed by atoms with Gasteiger partial charge in [-0.15, -0.1) is 0 Å². The molecule has 104 valence electrons. The molecule has 2 heteroatoms. The van der Waals surface area contributed by atoms with Gasteiger partial charge in [-0.05, 0) is 55.4 Å². The Morgan fingerprint density at radius 3 is 2.79 bits per heavy atom. The van der Waals surface area contributed by atoms with Crippen LogP contribution < -0.4 is 0 Å². The summed E-state index contributed by atoms with van der Waals surface area (Å²) in [5, 5.41) is 0. The first-order chi connectivity index (χ1) is 8.93. The van der Waals surface area contributed by atoms with Gasteiger partial charge in [-0.3, -0.25) is 4.79 Å². The topological polar surface area (TPSA) is 26.3 Å². The molecule has 3 atom stereocenters. The fourth-order valence-electron chi connectivity index (χ4n) is 3.61. The number of rotatable bonds is 4. The van der Waals surface area contributed by atoms with Crippen LogP contribution in [0, 0.1) is 17.3 Å². The molecular formula is C17H24O2. The molecule has 0 amide bonds. The van der Waals surface area contributed by atoms with Gasteiger partial charge in [0.1, 0.15) is 0 Å². The zero-order valence-corrected chi connectivity index (χ0v) is 12.2. The molecule has 0 spiro atoms. The molecule has 0 aromatic carbocycles. The van der Waals surface area contributed by atoms with Crippen LogP contribution in [0.2, 0.25) is 0 Å². The Hall–Kier alpha value is -1.31. The van der Waals surface area contributed by atoms with Crippen LogP contribution in [0.15, 0.2) is 36.1 Å². The SMILES string of the molecule is C=C1[C@@H]2CC[C@@H](C2)[C@]1(C)C/C=C/C(C)=C/OC(C)=O. The van der Waals surface area contributed by atoms with E-state index in [0.29, 0.717) is 0 Å². The normalized spacial score (nSPS) is 34.3. The second kappa shape index (κ2) is 5.36. The predicted molar refractivity (Wildman–Crippen MR) is 77.4 cm³/mol. The molecule has 0 aromatic heterocycles. The average molecular weight is 260 g/mol. The van der Waals surface area contributed by atoms with Crippen molar-refractivity contribution in [2.75, 3.05) is 0 Å². The van der Waals surface area contributed by atoms with Crippen LogP contribution in [0.4, 0.5) is 0 Å². The van der Waals surface area contributed by atoms with Crippen LogP contribution in [0.1, 0.15) is 46.5 Å². The van der Waals surface area contributed by atoms with E-state index < -0.39 is 0 Å². The molecule has 0 saturated heterocycles. The number of carbonyl (C=O) groups is 1. The summed E-state index contributed by atoms with van der Waals surface area (Å²) in [6, 6.07) is 0. The molecule has 2 aliphatic carbocycles. The van der Waals surface area contributed by atoms with E-state index in [-0.39, 0.29) is 11.4 Å². The van der Waals surface area contributed by atoms with Crippen LogP contribution in [0.3, 0.4) is 0 Å². The quantitative estimate of drug-likeness (QED) is 0.324. The van der Waals surface area contributed by atoms with Crippen molar-refractivity contribution < 1.29 is 9.53 Å². The summed E-state index contributed by atoms with van der Waals surface area (Å²) in [5.74, 6) is 1.30.